The van der Waals surface area contributed by atoms with Gasteiger partial charge in [0.05, 0.1) is 25.9 Å². The largest absolute Gasteiger partial charge is 0.394 e. The monoisotopic (exact) mass is 449 g/mol. The number of carbonyl (C=O) groups excluding carboxylic acids is 3. The lowest BCUT2D eigenvalue weighted by molar-refractivity contribution is -0.133. The van der Waals surface area contributed by atoms with Crippen LogP contribution >= 0.6 is 0 Å². The fourth-order valence-electron chi connectivity index (χ4n) is 3.56. The predicted molar refractivity (Wildman–Crippen MR) is 121 cm³/mol. The van der Waals surface area contributed by atoms with Gasteiger partial charge < -0.3 is 30.5 Å². The predicted octanol–water partition coefficient (Wildman–Crippen LogP) is 0.485. The zero-order valence-electron chi connectivity index (χ0n) is 19.3. The van der Waals surface area contributed by atoms with E-state index in [0.29, 0.717) is 12.0 Å². The lowest BCUT2D eigenvalue weighted by Gasteiger charge is -2.25. The number of nitrogens with zero attached hydrogens (tertiary/aromatic N) is 1. The van der Waals surface area contributed by atoms with E-state index in [2.05, 4.69) is 15.5 Å². The van der Waals surface area contributed by atoms with E-state index in [1.165, 1.54) is 0 Å². The van der Waals surface area contributed by atoms with Crippen molar-refractivity contribution < 1.29 is 29.3 Å². The third-order valence-electron chi connectivity index (χ3n) is 5.58. The maximum atomic E-state index is 12.8. The molecule has 1 aromatic rings. The molecule has 1 saturated heterocycles. The number of Topliss-reactive ketones (excluding diaryl/α,β-unsaturated/α-hetero) is 1. The molecule has 0 aromatic heterocycles. The molecule has 9 heteroatoms. The molecule has 1 aromatic carbocycles. The number of amides is 2. The summed E-state index contributed by atoms with van der Waals surface area (Å²) in [5.74, 6) is -1.49. The number of rotatable bonds is 13. The van der Waals surface area contributed by atoms with E-state index >= 15 is 0 Å². The summed E-state index contributed by atoms with van der Waals surface area (Å²) in [6.07, 6.45) is 0.341. The minimum atomic E-state index is -1.27. The van der Waals surface area contributed by atoms with Crippen LogP contribution in [0.3, 0.4) is 0 Å². The van der Waals surface area contributed by atoms with E-state index in [-0.39, 0.29) is 12.5 Å². The number of nitrogens with one attached hydrogen (secondary N) is 2. The highest BCUT2D eigenvalue weighted by Crippen LogP contribution is 2.30. The van der Waals surface area contributed by atoms with Gasteiger partial charge in [0, 0.05) is 24.3 Å². The third-order valence-corrected chi connectivity index (χ3v) is 5.58. The Labute approximate surface area is 189 Å². The Morgan fingerprint density at radius 2 is 1.78 bits per heavy atom. The summed E-state index contributed by atoms with van der Waals surface area (Å²) >= 11 is 0. The molecule has 0 saturated carbocycles. The Hall–Kier alpha value is -2.49. The molecule has 0 aliphatic carbocycles. The van der Waals surface area contributed by atoms with Crippen LogP contribution in [0.2, 0.25) is 0 Å². The summed E-state index contributed by atoms with van der Waals surface area (Å²) < 4.78 is 5.14. The topological polar surface area (TPSA) is 132 Å². The summed E-state index contributed by atoms with van der Waals surface area (Å²) in [6, 6.07) is 4.91. The van der Waals surface area contributed by atoms with E-state index < -0.39 is 48.5 Å². The van der Waals surface area contributed by atoms with Gasteiger partial charge >= 0.3 is 0 Å². The molecule has 0 bridgehead atoms. The molecule has 0 spiro atoms. The van der Waals surface area contributed by atoms with Crippen molar-refractivity contribution in [2.75, 3.05) is 37.8 Å². The van der Waals surface area contributed by atoms with Crippen LogP contribution in [-0.2, 0) is 14.3 Å². The highest BCUT2D eigenvalue weighted by atomic mass is 16.6. The first kappa shape index (κ1) is 25.8. The Morgan fingerprint density at radius 3 is 2.28 bits per heavy atom. The second-order valence-electron chi connectivity index (χ2n) is 8.43. The molecule has 1 aliphatic rings. The molecular weight excluding hydrogens is 414 g/mol. The van der Waals surface area contributed by atoms with Gasteiger partial charge in [0.1, 0.15) is 6.04 Å². The van der Waals surface area contributed by atoms with Gasteiger partial charge in [-0.3, -0.25) is 14.4 Å². The molecule has 4 N–H and O–H groups in total. The molecular formula is C23H35N3O6. The second-order valence-corrected chi connectivity index (χ2v) is 8.43. The van der Waals surface area contributed by atoms with Gasteiger partial charge in [-0.25, -0.2) is 0 Å². The normalized spacial score (nSPS) is 19.2. The zero-order valence-corrected chi connectivity index (χ0v) is 19.3. The number of aliphatic hydroxyl groups is 2. The molecule has 178 valence electrons. The maximum Gasteiger partial charge on any atom is 0.252 e. The average Bonchev–Trinajstić information content (AvgIpc) is 3.58. The number of ketones is 1. The van der Waals surface area contributed by atoms with Gasteiger partial charge in [-0.15, -0.1) is 0 Å². The van der Waals surface area contributed by atoms with Gasteiger partial charge in [-0.1, -0.05) is 19.9 Å². The minimum absolute atomic E-state index is 0.0868. The number of hydrogen-bond acceptors (Lipinski definition) is 7. The highest BCUT2D eigenvalue weighted by Gasteiger charge is 2.54. The van der Waals surface area contributed by atoms with Gasteiger partial charge in [0.2, 0.25) is 5.91 Å². The van der Waals surface area contributed by atoms with Crippen LogP contribution in [0.4, 0.5) is 5.69 Å². The number of benzene rings is 1. The molecule has 0 unspecified atom stereocenters. The van der Waals surface area contributed by atoms with Crippen molar-refractivity contribution in [3.05, 3.63) is 29.8 Å². The van der Waals surface area contributed by atoms with Crippen LogP contribution in [0.25, 0.3) is 0 Å². The molecule has 1 fully saturated rings. The third kappa shape index (κ3) is 6.27. The molecule has 2 amide bonds. The summed E-state index contributed by atoms with van der Waals surface area (Å²) in [4.78, 5) is 40.4. The van der Waals surface area contributed by atoms with Crippen molar-refractivity contribution in [3.63, 3.8) is 0 Å². The fourth-order valence-corrected chi connectivity index (χ4v) is 3.56. The molecule has 1 aliphatic heterocycles. The number of epoxide rings is 1. The van der Waals surface area contributed by atoms with Gasteiger partial charge in [-0.2, -0.15) is 0 Å². The van der Waals surface area contributed by atoms with Crippen molar-refractivity contribution in [2.24, 2.45) is 5.92 Å². The first-order valence-electron chi connectivity index (χ1n) is 11.1. The lowest BCUT2D eigenvalue weighted by atomic mass is 9.92. The molecule has 2 rings (SSSR count). The number of hydrogen-bond donors (Lipinski definition) is 4. The van der Waals surface area contributed by atoms with Gasteiger partial charge in [0.15, 0.2) is 11.4 Å². The lowest BCUT2D eigenvalue weighted by Crippen LogP contribution is -2.55. The van der Waals surface area contributed by atoms with E-state index in [0.717, 1.165) is 18.8 Å². The van der Waals surface area contributed by atoms with E-state index in [4.69, 9.17) is 4.74 Å². The van der Waals surface area contributed by atoms with Crippen molar-refractivity contribution in [1.29, 1.82) is 0 Å². The van der Waals surface area contributed by atoms with Gasteiger partial charge in [0.25, 0.3) is 5.91 Å². The maximum absolute atomic E-state index is 12.8. The quantitative estimate of drug-likeness (QED) is 0.322. The molecule has 9 nitrogen and oxygen atoms in total. The zero-order chi connectivity index (χ0) is 23.9. The summed E-state index contributed by atoms with van der Waals surface area (Å²) in [7, 11) is 0. The van der Waals surface area contributed by atoms with Crippen molar-refractivity contribution in [1.82, 2.24) is 10.6 Å². The van der Waals surface area contributed by atoms with Crippen LogP contribution in [0.15, 0.2) is 24.3 Å². The smallest absolute Gasteiger partial charge is 0.252 e. The van der Waals surface area contributed by atoms with E-state index in [1.807, 2.05) is 33.8 Å². The molecule has 1 heterocycles. The van der Waals surface area contributed by atoms with Crippen molar-refractivity contribution in [3.8, 4) is 0 Å². The number of aliphatic hydroxyl groups excluding tert-OH is 2. The Kier molecular flexibility index (Phi) is 9.18. The van der Waals surface area contributed by atoms with Crippen LogP contribution in [-0.4, -0.2) is 78.4 Å². The average molecular weight is 450 g/mol. The van der Waals surface area contributed by atoms with Crippen LogP contribution in [0.1, 0.15) is 44.5 Å². The second kappa shape index (κ2) is 11.4. The Balaban J connectivity index is 2.10. The Bertz CT molecular complexity index is 805. The van der Waals surface area contributed by atoms with Crippen molar-refractivity contribution >= 4 is 23.3 Å². The number of ether oxygens (including phenoxy) is 1. The first-order valence-corrected chi connectivity index (χ1v) is 11.1. The standard InChI is InChI=1S/C23H35N3O6/c1-5-26(6-2)17-9-7-8-16(11-17)21(30)25-19(12-27)22(31)24-18(10-15(3)4)20(29)23(13-28)14-32-23/h7-9,11,15,18-19,27-28H,5-6,10,12-14H2,1-4H3,(H,24,31)(H,25,30)/t18-,19-,23+/m0/s1. The number of carbonyl (C=O) groups is 3. The summed E-state index contributed by atoms with van der Waals surface area (Å²) in [5, 5.41) is 24.4. The fraction of sp³-hybridized carbons (Fsp3) is 0.609. The molecule has 32 heavy (non-hydrogen) atoms. The highest BCUT2D eigenvalue weighted by molar-refractivity contribution is 6.00. The molecule has 0 radical (unpaired) electrons. The number of anilines is 1. The summed E-state index contributed by atoms with van der Waals surface area (Å²) in [5.41, 5.74) is -0.0228. The van der Waals surface area contributed by atoms with E-state index in [1.54, 1.807) is 18.2 Å². The summed E-state index contributed by atoms with van der Waals surface area (Å²) in [6.45, 7) is 8.43. The first-order chi connectivity index (χ1) is 15.2. The van der Waals surface area contributed by atoms with Crippen LogP contribution in [0.5, 0.6) is 0 Å². The van der Waals surface area contributed by atoms with Crippen LogP contribution in [0, 0.1) is 5.92 Å². The SMILES string of the molecule is CCN(CC)c1cccc(C(=O)N[C@@H](CO)C(=O)N[C@@H](CC(C)C)C(=O)[C@@]2(CO)CO2)c1. The molecule has 3 atom stereocenters. The Morgan fingerprint density at radius 1 is 1.12 bits per heavy atom. The van der Waals surface area contributed by atoms with Crippen molar-refractivity contribution in [2.45, 2.75) is 51.8 Å². The van der Waals surface area contributed by atoms with E-state index in [9.17, 15) is 24.6 Å². The minimum Gasteiger partial charge on any atom is -0.394 e. The van der Waals surface area contributed by atoms with Crippen LogP contribution < -0.4 is 15.5 Å². The van der Waals surface area contributed by atoms with Gasteiger partial charge in [-0.05, 0) is 44.4 Å².